The van der Waals surface area contributed by atoms with Gasteiger partial charge in [-0.25, -0.2) is 0 Å². The molecule has 2 aromatic carbocycles. The van der Waals surface area contributed by atoms with Crippen LogP contribution in [-0.2, 0) is 6.42 Å². The Kier molecular flexibility index (Phi) is 5.06. The fourth-order valence-electron chi connectivity index (χ4n) is 4.01. The second-order valence-electron chi connectivity index (χ2n) is 8.20. The van der Waals surface area contributed by atoms with Crippen LogP contribution >= 0.6 is 0 Å². The zero-order chi connectivity index (χ0) is 16.3. The maximum absolute atomic E-state index is 2.50. The van der Waals surface area contributed by atoms with Crippen LogP contribution in [0.4, 0.5) is 0 Å². The van der Waals surface area contributed by atoms with Gasteiger partial charge in [0.25, 0.3) is 0 Å². The van der Waals surface area contributed by atoms with Gasteiger partial charge in [0.05, 0.1) is 8.07 Å². The minimum atomic E-state index is -1.29. The van der Waals surface area contributed by atoms with Crippen LogP contribution < -0.4 is 5.19 Å². The van der Waals surface area contributed by atoms with E-state index >= 15 is 0 Å². The molecule has 0 N–H and O–H groups in total. The summed E-state index contributed by atoms with van der Waals surface area (Å²) in [5, 5.41) is 1.67. The zero-order valence-corrected chi connectivity index (χ0v) is 15.9. The third kappa shape index (κ3) is 4.14. The summed E-state index contributed by atoms with van der Waals surface area (Å²) in [4.78, 5) is 0. The number of hydrogen-bond acceptors (Lipinski definition) is 0. The van der Waals surface area contributed by atoms with Crippen molar-refractivity contribution in [2.24, 2.45) is 5.92 Å². The number of rotatable bonds is 4. The van der Waals surface area contributed by atoms with E-state index in [1.165, 1.54) is 49.7 Å². The summed E-state index contributed by atoms with van der Waals surface area (Å²) in [6, 6.07) is 18.1. The van der Waals surface area contributed by atoms with Crippen LogP contribution in [0.25, 0.3) is 11.1 Å². The zero-order valence-electron chi connectivity index (χ0n) is 14.9. The molecule has 0 nitrogen and oxygen atoms in total. The highest BCUT2D eigenvalue weighted by Crippen LogP contribution is 2.29. The quantitative estimate of drug-likeness (QED) is 0.604. The Labute approximate surface area is 143 Å². The first-order valence-electron chi connectivity index (χ1n) is 9.23. The van der Waals surface area contributed by atoms with Crippen LogP contribution in [0.5, 0.6) is 0 Å². The largest absolute Gasteiger partial charge is 0.0779 e. The summed E-state index contributed by atoms with van der Waals surface area (Å²) in [6.45, 7) is 7.44. The molecule has 0 unspecified atom stereocenters. The minimum absolute atomic E-state index is 0.907. The third-order valence-electron chi connectivity index (χ3n) is 5.25. The number of hydrogen-bond donors (Lipinski definition) is 0. The van der Waals surface area contributed by atoms with E-state index < -0.39 is 8.07 Å². The molecule has 1 fully saturated rings. The van der Waals surface area contributed by atoms with Crippen LogP contribution in [0.3, 0.4) is 0 Å². The molecular formula is C22H30Si. The maximum atomic E-state index is 2.50. The van der Waals surface area contributed by atoms with E-state index in [0.29, 0.717) is 0 Å². The Hall–Kier alpha value is -1.34. The molecule has 0 atom stereocenters. The van der Waals surface area contributed by atoms with Crippen molar-refractivity contribution in [2.75, 3.05) is 0 Å². The van der Waals surface area contributed by atoms with Gasteiger partial charge in [0.15, 0.2) is 0 Å². The molecule has 0 radical (unpaired) electrons. The maximum Gasteiger partial charge on any atom is 0.0779 e. The standard InChI is InChI=1S/C22H30Si/c1-23(2,3)22-15-14-20(19-12-8-5-9-13-19)17-21(22)16-18-10-6-4-7-11-18/h5,8-9,12-15,17-18H,4,6-7,10-11,16H2,1-3H3. The molecule has 0 heterocycles. The van der Waals surface area contributed by atoms with Gasteiger partial charge in [-0.2, -0.15) is 0 Å². The van der Waals surface area contributed by atoms with Crippen LogP contribution in [0.2, 0.25) is 19.6 Å². The monoisotopic (exact) mass is 322 g/mol. The van der Waals surface area contributed by atoms with Crippen molar-refractivity contribution in [3.63, 3.8) is 0 Å². The summed E-state index contributed by atoms with van der Waals surface area (Å²) < 4.78 is 0. The third-order valence-corrected chi connectivity index (χ3v) is 7.36. The lowest BCUT2D eigenvalue weighted by Crippen LogP contribution is -2.40. The molecule has 1 saturated carbocycles. The summed E-state index contributed by atoms with van der Waals surface area (Å²) in [7, 11) is -1.29. The van der Waals surface area contributed by atoms with Crippen molar-refractivity contribution in [1.29, 1.82) is 0 Å². The van der Waals surface area contributed by atoms with Gasteiger partial charge in [-0.05, 0) is 29.0 Å². The molecule has 23 heavy (non-hydrogen) atoms. The summed E-state index contributed by atoms with van der Waals surface area (Å²) >= 11 is 0. The first-order valence-corrected chi connectivity index (χ1v) is 12.7. The Morgan fingerprint density at radius 1 is 0.826 bits per heavy atom. The highest BCUT2D eigenvalue weighted by Gasteiger charge is 2.23. The van der Waals surface area contributed by atoms with Crippen LogP contribution in [0.15, 0.2) is 48.5 Å². The van der Waals surface area contributed by atoms with Gasteiger partial charge in [0, 0.05) is 0 Å². The Balaban J connectivity index is 1.95. The van der Waals surface area contributed by atoms with Crippen molar-refractivity contribution in [3.05, 3.63) is 54.1 Å². The average Bonchev–Trinajstić information content (AvgIpc) is 2.55. The van der Waals surface area contributed by atoms with E-state index in [9.17, 15) is 0 Å². The highest BCUT2D eigenvalue weighted by atomic mass is 28.3. The van der Waals surface area contributed by atoms with Crippen LogP contribution in [-0.4, -0.2) is 8.07 Å². The van der Waals surface area contributed by atoms with Gasteiger partial charge >= 0.3 is 0 Å². The predicted octanol–water partition coefficient (Wildman–Crippen LogP) is 6.02. The lowest BCUT2D eigenvalue weighted by molar-refractivity contribution is 0.357. The lowest BCUT2D eigenvalue weighted by Gasteiger charge is -2.27. The SMILES string of the molecule is C[Si](C)(C)c1ccc(-c2ccccc2)cc1CC1CCCCC1. The van der Waals surface area contributed by atoms with Gasteiger partial charge in [-0.1, -0.05) is 105 Å². The topological polar surface area (TPSA) is 0 Å². The van der Waals surface area contributed by atoms with Crippen molar-refractivity contribution < 1.29 is 0 Å². The Bertz CT molecular complexity index is 631. The second kappa shape index (κ2) is 7.05. The summed E-state index contributed by atoms with van der Waals surface area (Å²) in [5.74, 6) is 0.907. The first-order chi connectivity index (χ1) is 11.0. The first kappa shape index (κ1) is 16.5. The summed E-state index contributed by atoms with van der Waals surface area (Å²) in [5.41, 5.74) is 4.37. The fourth-order valence-corrected chi connectivity index (χ4v) is 5.73. The van der Waals surface area contributed by atoms with Crippen molar-refractivity contribution in [3.8, 4) is 11.1 Å². The molecule has 2 aromatic rings. The number of benzene rings is 2. The minimum Gasteiger partial charge on any atom is -0.0656 e. The van der Waals surface area contributed by atoms with Gasteiger partial charge < -0.3 is 0 Å². The molecule has 0 spiro atoms. The van der Waals surface area contributed by atoms with Crippen molar-refractivity contribution in [2.45, 2.75) is 58.2 Å². The highest BCUT2D eigenvalue weighted by molar-refractivity contribution is 6.89. The van der Waals surface area contributed by atoms with Crippen LogP contribution in [0.1, 0.15) is 37.7 Å². The van der Waals surface area contributed by atoms with E-state index in [4.69, 9.17) is 0 Å². The molecule has 0 saturated heterocycles. The van der Waals surface area contributed by atoms with Crippen molar-refractivity contribution >= 4 is 13.3 Å². The smallest absolute Gasteiger partial charge is 0.0656 e. The summed E-state index contributed by atoms with van der Waals surface area (Å²) in [6.07, 6.45) is 8.47. The molecule has 1 heteroatoms. The van der Waals surface area contributed by atoms with Gasteiger partial charge in [-0.3, -0.25) is 0 Å². The molecule has 0 aromatic heterocycles. The normalized spacial score (nSPS) is 16.5. The Morgan fingerprint density at radius 3 is 2.17 bits per heavy atom. The van der Waals surface area contributed by atoms with E-state index in [1.54, 1.807) is 10.8 Å². The van der Waals surface area contributed by atoms with E-state index in [-0.39, 0.29) is 0 Å². The van der Waals surface area contributed by atoms with Gasteiger partial charge in [0.2, 0.25) is 0 Å². The van der Waals surface area contributed by atoms with Crippen molar-refractivity contribution in [1.82, 2.24) is 0 Å². The molecule has 0 amide bonds. The average molecular weight is 323 g/mol. The molecule has 1 aliphatic carbocycles. The molecule has 0 bridgehead atoms. The Morgan fingerprint density at radius 2 is 1.52 bits per heavy atom. The molecule has 0 aliphatic heterocycles. The predicted molar refractivity (Wildman–Crippen MR) is 105 cm³/mol. The van der Waals surface area contributed by atoms with E-state index in [0.717, 1.165) is 5.92 Å². The molecule has 1 aliphatic rings. The van der Waals surface area contributed by atoms with E-state index in [2.05, 4.69) is 68.2 Å². The molecular weight excluding hydrogens is 292 g/mol. The molecule has 3 rings (SSSR count). The molecule has 122 valence electrons. The fraction of sp³-hybridized carbons (Fsp3) is 0.455. The van der Waals surface area contributed by atoms with Crippen LogP contribution in [0, 0.1) is 5.92 Å². The second-order valence-corrected chi connectivity index (χ2v) is 13.2. The van der Waals surface area contributed by atoms with Gasteiger partial charge in [-0.15, -0.1) is 0 Å². The van der Waals surface area contributed by atoms with Gasteiger partial charge in [0.1, 0.15) is 0 Å². The van der Waals surface area contributed by atoms with E-state index in [1.807, 2.05) is 0 Å². The lowest BCUT2D eigenvalue weighted by atomic mass is 9.84.